The molecule has 0 aliphatic heterocycles. The number of anilines is 2. The molecule has 1 N–H and O–H groups in total. The van der Waals surface area contributed by atoms with E-state index in [1.807, 2.05) is 0 Å². The Morgan fingerprint density at radius 2 is 1.76 bits per heavy atom. The highest BCUT2D eigenvalue weighted by Crippen LogP contribution is 2.33. The first-order valence-corrected chi connectivity index (χ1v) is 6.04. The van der Waals surface area contributed by atoms with Gasteiger partial charge >= 0.3 is 5.97 Å². The lowest BCUT2D eigenvalue weighted by molar-refractivity contribution is 0.0697. The third kappa shape index (κ3) is 2.69. The highest BCUT2D eigenvalue weighted by molar-refractivity contribution is 5.95. The molecule has 2 rings (SSSR count). The third-order valence-electron chi connectivity index (χ3n) is 3.10. The van der Waals surface area contributed by atoms with Crippen molar-refractivity contribution < 1.29 is 23.1 Å². The maximum atomic E-state index is 14.0. The van der Waals surface area contributed by atoms with Crippen molar-refractivity contribution in [2.24, 2.45) is 0 Å². The van der Waals surface area contributed by atoms with E-state index < -0.39 is 34.7 Å². The maximum absolute atomic E-state index is 14.0. The van der Waals surface area contributed by atoms with Crippen molar-refractivity contribution in [3.05, 3.63) is 58.9 Å². The van der Waals surface area contributed by atoms with Crippen molar-refractivity contribution in [1.82, 2.24) is 0 Å². The standard InChI is InChI=1S/C15H12F3NO2/c1-8-3-6-12(11(17)7-8)19(2)14-9(15(20)21)4-5-10(16)13(14)18/h3-7H,1-2H3,(H,20,21). The molecule has 0 aromatic heterocycles. The zero-order valence-electron chi connectivity index (χ0n) is 11.3. The molecule has 0 saturated carbocycles. The molecule has 0 spiro atoms. The Labute approximate surface area is 119 Å². The molecule has 21 heavy (non-hydrogen) atoms. The van der Waals surface area contributed by atoms with E-state index in [0.29, 0.717) is 5.56 Å². The van der Waals surface area contributed by atoms with Crippen LogP contribution in [0.25, 0.3) is 0 Å². The second-order valence-corrected chi connectivity index (χ2v) is 4.58. The van der Waals surface area contributed by atoms with Crippen LogP contribution in [0.1, 0.15) is 15.9 Å². The molecule has 0 radical (unpaired) electrons. The van der Waals surface area contributed by atoms with Gasteiger partial charge in [-0.3, -0.25) is 0 Å². The van der Waals surface area contributed by atoms with E-state index in [-0.39, 0.29) is 5.69 Å². The van der Waals surface area contributed by atoms with Crippen molar-refractivity contribution in [1.29, 1.82) is 0 Å². The molecule has 6 heteroatoms. The van der Waals surface area contributed by atoms with E-state index in [1.165, 1.54) is 19.2 Å². The maximum Gasteiger partial charge on any atom is 0.337 e. The number of aryl methyl sites for hydroxylation is 1. The van der Waals surface area contributed by atoms with E-state index in [9.17, 15) is 18.0 Å². The van der Waals surface area contributed by atoms with Crippen molar-refractivity contribution in [3.8, 4) is 0 Å². The van der Waals surface area contributed by atoms with Gasteiger partial charge in [-0.25, -0.2) is 18.0 Å². The molecular weight excluding hydrogens is 283 g/mol. The fraction of sp³-hybridized carbons (Fsp3) is 0.133. The summed E-state index contributed by atoms with van der Waals surface area (Å²) in [5.41, 5.74) is -0.364. The lowest BCUT2D eigenvalue weighted by Gasteiger charge is -2.22. The van der Waals surface area contributed by atoms with Gasteiger partial charge in [-0.1, -0.05) is 6.07 Å². The fourth-order valence-electron chi connectivity index (χ4n) is 2.04. The Balaban J connectivity index is 2.64. The Morgan fingerprint density at radius 1 is 1.10 bits per heavy atom. The summed E-state index contributed by atoms with van der Waals surface area (Å²) in [6.45, 7) is 1.68. The van der Waals surface area contributed by atoms with Crippen LogP contribution in [0.2, 0.25) is 0 Å². The summed E-state index contributed by atoms with van der Waals surface area (Å²) in [7, 11) is 1.28. The second-order valence-electron chi connectivity index (χ2n) is 4.58. The number of hydrogen-bond donors (Lipinski definition) is 1. The van der Waals surface area contributed by atoms with Crippen LogP contribution in [0.5, 0.6) is 0 Å². The number of rotatable bonds is 3. The van der Waals surface area contributed by atoms with Crippen molar-refractivity contribution in [2.45, 2.75) is 6.92 Å². The van der Waals surface area contributed by atoms with Crippen LogP contribution in [-0.4, -0.2) is 18.1 Å². The topological polar surface area (TPSA) is 40.5 Å². The molecule has 0 atom stereocenters. The minimum Gasteiger partial charge on any atom is -0.478 e. The molecule has 0 bridgehead atoms. The van der Waals surface area contributed by atoms with Crippen LogP contribution in [0.4, 0.5) is 24.5 Å². The average molecular weight is 295 g/mol. The first-order valence-electron chi connectivity index (χ1n) is 6.04. The Kier molecular flexibility index (Phi) is 3.88. The Bertz CT molecular complexity index is 716. The fourth-order valence-corrected chi connectivity index (χ4v) is 2.04. The van der Waals surface area contributed by atoms with Crippen LogP contribution >= 0.6 is 0 Å². The number of aromatic carboxylic acids is 1. The molecule has 0 amide bonds. The van der Waals surface area contributed by atoms with Gasteiger partial charge in [-0.15, -0.1) is 0 Å². The van der Waals surface area contributed by atoms with Gasteiger partial charge in [0.1, 0.15) is 5.82 Å². The molecule has 0 heterocycles. The number of nitrogens with zero attached hydrogens (tertiary/aromatic N) is 1. The molecule has 0 saturated heterocycles. The van der Waals surface area contributed by atoms with Crippen LogP contribution < -0.4 is 4.90 Å². The SMILES string of the molecule is Cc1ccc(N(C)c2c(C(=O)O)ccc(F)c2F)c(F)c1. The Morgan fingerprint density at radius 3 is 2.33 bits per heavy atom. The van der Waals surface area contributed by atoms with E-state index >= 15 is 0 Å². The van der Waals surface area contributed by atoms with E-state index in [1.54, 1.807) is 13.0 Å². The van der Waals surface area contributed by atoms with Gasteiger partial charge in [-0.05, 0) is 36.8 Å². The first kappa shape index (κ1) is 14.9. The second kappa shape index (κ2) is 5.47. The lowest BCUT2D eigenvalue weighted by Crippen LogP contribution is -2.18. The Hall–Kier alpha value is -2.50. The largest absolute Gasteiger partial charge is 0.478 e. The van der Waals surface area contributed by atoms with Gasteiger partial charge in [0.15, 0.2) is 11.6 Å². The summed E-state index contributed by atoms with van der Waals surface area (Å²) in [5.74, 6) is -4.62. The van der Waals surface area contributed by atoms with Gasteiger partial charge in [0.05, 0.1) is 16.9 Å². The number of hydrogen-bond acceptors (Lipinski definition) is 2. The molecule has 0 aliphatic carbocycles. The molecule has 3 nitrogen and oxygen atoms in total. The van der Waals surface area contributed by atoms with Gasteiger partial charge in [0.2, 0.25) is 0 Å². The van der Waals surface area contributed by atoms with E-state index in [4.69, 9.17) is 5.11 Å². The van der Waals surface area contributed by atoms with Gasteiger partial charge in [0, 0.05) is 7.05 Å². The van der Waals surface area contributed by atoms with E-state index in [0.717, 1.165) is 17.0 Å². The van der Waals surface area contributed by atoms with Crippen molar-refractivity contribution in [2.75, 3.05) is 11.9 Å². The molecule has 0 aliphatic rings. The van der Waals surface area contributed by atoms with Crippen LogP contribution in [0, 0.1) is 24.4 Å². The van der Waals surface area contributed by atoms with Crippen LogP contribution in [-0.2, 0) is 0 Å². The molecule has 0 fully saturated rings. The molecule has 2 aromatic carbocycles. The summed E-state index contributed by atoms with van der Waals surface area (Å²) in [5, 5.41) is 9.08. The van der Waals surface area contributed by atoms with Crippen LogP contribution in [0.15, 0.2) is 30.3 Å². The predicted molar refractivity (Wildman–Crippen MR) is 72.5 cm³/mol. The number of carbonyl (C=O) groups is 1. The minimum atomic E-state index is -1.43. The summed E-state index contributed by atoms with van der Waals surface area (Å²) < 4.78 is 41.3. The first-order chi connectivity index (χ1) is 9.82. The highest BCUT2D eigenvalue weighted by atomic mass is 19.2. The highest BCUT2D eigenvalue weighted by Gasteiger charge is 2.23. The van der Waals surface area contributed by atoms with Gasteiger partial charge < -0.3 is 10.0 Å². The normalized spacial score (nSPS) is 10.5. The van der Waals surface area contributed by atoms with Gasteiger partial charge in [0.25, 0.3) is 0 Å². The number of carboxylic acid groups (broad SMARTS) is 1. The number of carboxylic acids is 1. The summed E-state index contributed by atoms with van der Waals surface area (Å²) in [6.07, 6.45) is 0. The monoisotopic (exact) mass is 295 g/mol. The smallest absolute Gasteiger partial charge is 0.337 e. The molecular formula is C15H12F3NO2. The van der Waals surface area contributed by atoms with Crippen molar-refractivity contribution >= 4 is 17.3 Å². The molecule has 0 unspecified atom stereocenters. The third-order valence-corrected chi connectivity index (χ3v) is 3.10. The number of halogens is 3. The van der Waals surface area contributed by atoms with Crippen molar-refractivity contribution in [3.63, 3.8) is 0 Å². The molecule has 2 aromatic rings. The lowest BCUT2D eigenvalue weighted by atomic mass is 10.1. The summed E-state index contributed by atoms with van der Waals surface area (Å²) in [4.78, 5) is 12.1. The summed E-state index contributed by atoms with van der Waals surface area (Å²) >= 11 is 0. The number of benzene rings is 2. The molecule has 110 valence electrons. The zero-order valence-corrected chi connectivity index (χ0v) is 11.3. The summed E-state index contributed by atoms with van der Waals surface area (Å²) in [6, 6.07) is 5.86. The van der Waals surface area contributed by atoms with E-state index in [2.05, 4.69) is 0 Å². The predicted octanol–water partition coefficient (Wildman–Crippen LogP) is 3.88. The van der Waals surface area contributed by atoms with Gasteiger partial charge in [-0.2, -0.15) is 0 Å². The minimum absolute atomic E-state index is 0.0485. The zero-order chi connectivity index (χ0) is 15.7. The quantitative estimate of drug-likeness (QED) is 0.934. The average Bonchev–Trinajstić information content (AvgIpc) is 2.40. The van der Waals surface area contributed by atoms with Crippen LogP contribution in [0.3, 0.4) is 0 Å².